The quantitative estimate of drug-likeness (QED) is 0.725. The summed E-state index contributed by atoms with van der Waals surface area (Å²) in [5.41, 5.74) is -1.04. The first-order valence-corrected chi connectivity index (χ1v) is 5.18. The molecule has 0 saturated carbocycles. The molecule has 16 heavy (non-hydrogen) atoms. The molecule has 0 fully saturated rings. The fraction of sp³-hybridized carbons (Fsp3) is 0.900. The molecule has 0 radical (unpaired) electrons. The minimum atomic E-state index is -4.18. The van der Waals surface area contributed by atoms with E-state index in [1.807, 2.05) is 0 Å². The second-order valence-corrected chi connectivity index (χ2v) is 3.77. The second kappa shape index (κ2) is 6.08. The second-order valence-electron chi connectivity index (χ2n) is 3.77. The molecular weight excluding hydrogens is 223 g/mol. The van der Waals surface area contributed by atoms with Crippen LogP contribution in [0.2, 0.25) is 0 Å². The number of nitrogens with one attached hydrogen (secondary N) is 1. The minimum Gasteiger partial charge on any atom is -0.465 e. The number of hydrogen-bond acceptors (Lipinski definition) is 3. The Balaban J connectivity index is 4.22. The summed E-state index contributed by atoms with van der Waals surface area (Å²) in [4.78, 5) is 11.5. The summed E-state index contributed by atoms with van der Waals surface area (Å²) in [5.74, 6) is -0.514. The molecule has 1 N–H and O–H groups in total. The largest absolute Gasteiger partial charge is 0.465 e. The van der Waals surface area contributed by atoms with Gasteiger partial charge in [-0.05, 0) is 33.7 Å². The summed E-state index contributed by atoms with van der Waals surface area (Å²) in [7, 11) is 1.53. The molecule has 0 saturated heterocycles. The molecule has 0 aliphatic carbocycles. The van der Waals surface area contributed by atoms with Gasteiger partial charge in [0.05, 0.1) is 6.61 Å². The Bertz CT molecular complexity index is 231. The number of carbonyl (C=O) groups is 1. The molecule has 0 rings (SSSR count). The van der Waals surface area contributed by atoms with Crippen LogP contribution in [0.5, 0.6) is 0 Å². The van der Waals surface area contributed by atoms with Crippen LogP contribution in [0.1, 0.15) is 33.1 Å². The van der Waals surface area contributed by atoms with Gasteiger partial charge in [-0.2, -0.15) is 13.2 Å². The molecule has 0 bridgehead atoms. The Hall–Kier alpha value is -0.780. The summed E-state index contributed by atoms with van der Waals surface area (Å²) >= 11 is 0. The third-order valence-corrected chi connectivity index (χ3v) is 2.41. The van der Waals surface area contributed by atoms with Crippen molar-refractivity contribution in [3.05, 3.63) is 0 Å². The van der Waals surface area contributed by atoms with Gasteiger partial charge < -0.3 is 10.1 Å². The molecular formula is C10H18F3NO2. The van der Waals surface area contributed by atoms with Gasteiger partial charge in [-0.1, -0.05) is 0 Å². The van der Waals surface area contributed by atoms with Crippen LogP contribution >= 0.6 is 0 Å². The smallest absolute Gasteiger partial charge is 0.389 e. The molecule has 0 spiro atoms. The van der Waals surface area contributed by atoms with E-state index in [0.717, 1.165) is 0 Å². The number of hydrogen-bond donors (Lipinski definition) is 1. The van der Waals surface area contributed by atoms with E-state index < -0.39 is 24.1 Å². The van der Waals surface area contributed by atoms with E-state index in [4.69, 9.17) is 4.74 Å². The van der Waals surface area contributed by atoms with E-state index in [1.54, 1.807) is 13.8 Å². The van der Waals surface area contributed by atoms with Crippen LogP contribution in [0.3, 0.4) is 0 Å². The van der Waals surface area contributed by atoms with Gasteiger partial charge in [-0.25, -0.2) is 0 Å². The zero-order chi connectivity index (χ0) is 12.8. The molecule has 6 heteroatoms. The van der Waals surface area contributed by atoms with E-state index in [1.165, 1.54) is 7.05 Å². The summed E-state index contributed by atoms with van der Waals surface area (Å²) in [6, 6.07) is 0. The molecule has 0 aromatic heterocycles. The van der Waals surface area contributed by atoms with Crippen LogP contribution < -0.4 is 5.32 Å². The number of esters is 1. The topological polar surface area (TPSA) is 38.3 Å². The number of halogens is 3. The van der Waals surface area contributed by atoms with Crippen molar-refractivity contribution in [2.24, 2.45) is 0 Å². The Morgan fingerprint density at radius 2 is 1.88 bits per heavy atom. The van der Waals surface area contributed by atoms with Gasteiger partial charge in [-0.3, -0.25) is 4.79 Å². The number of rotatable bonds is 6. The Labute approximate surface area is 93.3 Å². The average Bonchev–Trinajstić information content (AvgIpc) is 2.15. The third kappa shape index (κ3) is 5.34. The lowest BCUT2D eigenvalue weighted by atomic mass is 9.95. The van der Waals surface area contributed by atoms with E-state index in [-0.39, 0.29) is 19.4 Å². The Kier molecular flexibility index (Phi) is 5.78. The van der Waals surface area contributed by atoms with Crippen molar-refractivity contribution in [1.82, 2.24) is 5.32 Å². The van der Waals surface area contributed by atoms with Crippen molar-refractivity contribution in [2.75, 3.05) is 13.7 Å². The molecule has 1 atom stereocenters. The zero-order valence-electron chi connectivity index (χ0n) is 9.78. The predicted molar refractivity (Wildman–Crippen MR) is 54.0 cm³/mol. The third-order valence-electron chi connectivity index (χ3n) is 2.41. The SMILES string of the molecule is CCOC(=O)C(C)(CCCC(F)(F)F)NC. The lowest BCUT2D eigenvalue weighted by Gasteiger charge is -2.26. The lowest BCUT2D eigenvalue weighted by Crippen LogP contribution is -2.48. The highest BCUT2D eigenvalue weighted by Gasteiger charge is 2.34. The number of ether oxygens (including phenoxy) is 1. The van der Waals surface area contributed by atoms with Crippen LogP contribution in [0.25, 0.3) is 0 Å². The Morgan fingerprint density at radius 1 is 1.31 bits per heavy atom. The lowest BCUT2D eigenvalue weighted by molar-refractivity contribution is -0.152. The van der Waals surface area contributed by atoms with Crippen molar-refractivity contribution in [1.29, 1.82) is 0 Å². The highest BCUT2D eigenvalue weighted by atomic mass is 19.4. The molecule has 3 nitrogen and oxygen atoms in total. The molecule has 0 aliphatic heterocycles. The first-order chi connectivity index (χ1) is 7.25. The maximum atomic E-state index is 11.9. The van der Waals surface area contributed by atoms with Gasteiger partial charge in [0, 0.05) is 6.42 Å². The summed E-state index contributed by atoms with van der Waals surface area (Å²) in [6.07, 6.45) is -5.06. The van der Waals surface area contributed by atoms with Crippen LogP contribution in [0.4, 0.5) is 13.2 Å². The van der Waals surface area contributed by atoms with Gasteiger partial charge in [0.2, 0.25) is 0 Å². The Morgan fingerprint density at radius 3 is 2.25 bits per heavy atom. The molecule has 0 aromatic rings. The highest BCUT2D eigenvalue weighted by molar-refractivity contribution is 5.80. The molecule has 0 aliphatic rings. The normalized spacial score (nSPS) is 15.6. The summed E-state index contributed by atoms with van der Waals surface area (Å²) in [6.45, 7) is 3.42. The average molecular weight is 241 g/mol. The highest BCUT2D eigenvalue weighted by Crippen LogP contribution is 2.25. The van der Waals surface area contributed by atoms with Gasteiger partial charge in [0.15, 0.2) is 0 Å². The van der Waals surface area contributed by atoms with Crippen molar-refractivity contribution in [3.8, 4) is 0 Å². The van der Waals surface area contributed by atoms with Gasteiger partial charge >= 0.3 is 12.1 Å². The zero-order valence-corrected chi connectivity index (χ0v) is 9.78. The fourth-order valence-corrected chi connectivity index (χ4v) is 1.26. The molecule has 0 heterocycles. The first-order valence-electron chi connectivity index (χ1n) is 5.18. The monoisotopic (exact) mass is 241 g/mol. The summed E-state index contributed by atoms with van der Waals surface area (Å²) < 4.78 is 40.6. The van der Waals surface area contributed by atoms with Crippen LogP contribution in [-0.2, 0) is 9.53 Å². The molecule has 96 valence electrons. The fourth-order valence-electron chi connectivity index (χ4n) is 1.26. The van der Waals surface area contributed by atoms with Gasteiger partial charge in [0.25, 0.3) is 0 Å². The maximum Gasteiger partial charge on any atom is 0.389 e. The minimum absolute atomic E-state index is 0.0976. The first kappa shape index (κ1) is 15.2. The molecule has 1 unspecified atom stereocenters. The number of carbonyl (C=O) groups excluding carboxylic acids is 1. The van der Waals surface area contributed by atoms with E-state index in [9.17, 15) is 18.0 Å². The van der Waals surface area contributed by atoms with Crippen molar-refractivity contribution in [3.63, 3.8) is 0 Å². The van der Waals surface area contributed by atoms with Crippen LogP contribution in [0.15, 0.2) is 0 Å². The van der Waals surface area contributed by atoms with Crippen molar-refractivity contribution in [2.45, 2.75) is 44.8 Å². The van der Waals surface area contributed by atoms with Gasteiger partial charge in [0.1, 0.15) is 5.54 Å². The standard InChI is InChI=1S/C10H18F3NO2/c1-4-16-8(15)9(2,14-3)6-5-7-10(11,12)13/h14H,4-7H2,1-3H3. The van der Waals surface area contributed by atoms with Crippen LogP contribution in [-0.4, -0.2) is 31.3 Å². The summed E-state index contributed by atoms with van der Waals surface area (Å²) in [5, 5.41) is 2.71. The molecule has 0 aromatic carbocycles. The van der Waals surface area contributed by atoms with Crippen molar-refractivity contribution >= 4 is 5.97 Å². The number of likely N-dealkylation sites (N-methyl/N-ethyl adjacent to an activating group) is 1. The molecule has 0 amide bonds. The number of alkyl halides is 3. The van der Waals surface area contributed by atoms with E-state index in [0.29, 0.717) is 0 Å². The van der Waals surface area contributed by atoms with Crippen LogP contribution in [0, 0.1) is 0 Å². The van der Waals surface area contributed by atoms with Crippen molar-refractivity contribution < 1.29 is 22.7 Å². The van der Waals surface area contributed by atoms with E-state index >= 15 is 0 Å². The maximum absolute atomic E-state index is 11.9. The van der Waals surface area contributed by atoms with E-state index in [2.05, 4.69) is 5.32 Å². The predicted octanol–water partition coefficient (Wildman–Crippen LogP) is 2.26. The van der Waals surface area contributed by atoms with Gasteiger partial charge in [-0.15, -0.1) is 0 Å².